The summed E-state index contributed by atoms with van der Waals surface area (Å²) in [4.78, 5) is 16.3. The smallest absolute Gasteiger partial charge is 0.237 e. The number of hydrogen-bond acceptors (Lipinski definition) is 4. The molecule has 1 heterocycles. The van der Waals surface area contributed by atoms with Crippen molar-refractivity contribution in [1.29, 1.82) is 0 Å². The molecule has 0 bridgehead atoms. The van der Waals surface area contributed by atoms with Crippen molar-refractivity contribution < 1.29 is 14.3 Å². The SMILES string of the molecule is NC(=O)C1(N2CCN(CC(O)c3ccccc3F)CC2)CCCC1. The summed E-state index contributed by atoms with van der Waals surface area (Å²) in [5, 5.41) is 10.3. The number of primary amides is 1. The Hall–Kier alpha value is -1.50. The molecule has 1 atom stereocenters. The number of nitrogens with two attached hydrogens (primary N) is 1. The normalized spacial score (nSPS) is 23.2. The first-order valence-electron chi connectivity index (χ1n) is 8.73. The van der Waals surface area contributed by atoms with Crippen molar-refractivity contribution in [2.75, 3.05) is 32.7 Å². The third-order valence-corrected chi connectivity index (χ3v) is 5.56. The lowest BCUT2D eigenvalue weighted by Crippen LogP contribution is -2.61. The quantitative estimate of drug-likeness (QED) is 0.850. The molecule has 5 nitrogen and oxygen atoms in total. The van der Waals surface area contributed by atoms with Gasteiger partial charge in [0.15, 0.2) is 0 Å². The molecule has 1 aliphatic heterocycles. The van der Waals surface area contributed by atoms with E-state index in [1.807, 2.05) is 0 Å². The van der Waals surface area contributed by atoms with E-state index in [2.05, 4.69) is 9.80 Å². The Bertz CT molecular complexity index is 581. The monoisotopic (exact) mass is 335 g/mol. The molecule has 1 saturated carbocycles. The van der Waals surface area contributed by atoms with Gasteiger partial charge in [-0.3, -0.25) is 14.6 Å². The molecule has 0 radical (unpaired) electrons. The Morgan fingerprint density at radius 2 is 1.83 bits per heavy atom. The highest BCUT2D eigenvalue weighted by molar-refractivity contribution is 5.85. The first-order chi connectivity index (χ1) is 11.5. The summed E-state index contributed by atoms with van der Waals surface area (Å²) >= 11 is 0. The van der Waals surface area contributed by atoms with E-state index in [9.17, 15) is 14.3 Å². The van der Waals surface area contributed by atoms with Crippen LogP contribution in [0.1, 0.15) is 37.4 Å². The molecule has 3 rings (SSSR count). The number of halogens is 1. The Morgan fingerprint density at radius 1 is 1.21 bits per heavy atom. The predicted molar refractivity (Wildman–Crippen MR) is 89.8 cm³/mol. The molecule has 1 aromatic rings. The predicted octanol–water partition coefficient (Wildman–Crippen LogP) is 1.27. The minimum atomic E-state index is -0.839. The third-order valence-electron chi connectivity index (χ3n) is 5.56. The zero-order valence-electron chi connectivity index (χ0n) is 14.0. The van der Waals surface area contributed by atoms with Gasteiger partial charge >= 0.3 is 0 Å². The highest BCUT2D eigenvalue weighted by atomic mass is 19.1. The molecule has 1 amide bonds. The second-order valence-corrected chi connectivity index (χ2v) is 6.93. The topological polar surface area (TPSA) is 69.8 Å². The largest absolute Gasteiger partial charge is 0.387 e. The van der Waals surface area contributed by atoms with Gasteiger partial charge in [-0.1, -0.05) is 31.0 Å². The molecule has 24 heavy (non-hydrogen) atoms. The van der Waals surface area contributed by atoms with E-state index in [1.54, 1.807) is 18.2 Å². The van der Waals surface area contributed by atoms with Gasteiger partial charge in [-0.05, 0) is 18.9 Å². The van der Waals surface area contributed by atoms with Crippen LogP contribution in [-0.2, 0) is 4.79 Å². The second kappa shape index (κ2) is 7.17. The molecular formula is C18H26FN3O2. The Kier molecular flexibility index (Phi) is 5.18. The van der Waals surface area contributed by atoms with E-state index in [4.69, 9.17) is 5.73 Å². The van der Waals surface area contributed by atoms with Crippen LogP contribution >= 0.6 is 0 Å². The van der Waals surface area contributed by atoms with E-state index in [1.165, 1.54) is 6.07 Å². The van der Waals surface area contributed by atoms with Gasteiger partial charge in [-0.25, -0.2) is 4.39 Å². The summed E-state index contributed by atoms with van der Waals surface area (Å²) in [7, 11) is 0. The van der Waals surface area contributed by atoms with Crippen molar-refractivity contribution in [3.8, 4) is 0 Å². The van der Waals surface area contributed by atoms with E-state index in [-0.39, 0.29) is 11.7 Å². The van der Waals surface area contributed by atoms with Crippen LogP contribution in [0.4, 0.5) is 4.39 Å². The van der Waals surface area contributed by atoms with Crippen LogP contribution in [0.2, 0.25) is 0 Å². The molecule has 3 N–H and O–H groups in total. The molecule has 6 heteroatoms. The molecular weight excluding hydrogens is 309 g/mol. The number of benzene rings is 1. The van der Waals surface area contributed by atoms with Gasteiger partial charge in [0, 0.05) is 38.3 Å². The maximum Gasteiger partial charge on any atom is 0.237 e. The standard InChI is InChI=1S/C18H26FN3O2/c19-15-6-2-1-5-14(15)16(23)13-21-9-11-22(12-10-21)18(17(20)24)7-3-4-8-18/h1-2,5-6,16,23H,3-4,7-13H2,(H2,20,24). The summed E-state index contributed by atoms with van der Waals surface area (Å²) in [6.07, 6.45) is 2.96. The average Bonchev–Trinajstić information content (AvgIpc) is 3.07. The fourth-order valence-corrected chi connectivity index (χ4v) is 4.13. The van der Waals surface area contributed by atoms with Gasteiger partial charge in [-0.15, -0.1) is 0 Å². The summed E-state index contributed by atoms with van der Waals surface area (Å²) in [5.41, 5.74) is 5.56. The number of hydrogen-bond donors (Lipinski definition) is 2. The van der Waals surface area contributed by atoms with Crippen LogP contribution in [0.25, 0.3) is 0 Å². The maximum absolute atomic E-state index is 13.8. The third kappa shape index (κ3) is 3.31. The molecule has 0 aromatic heterocycles. The van der Waals surface area contributed by atoms with Crippen molar-refractivity contribution in [3.63, 3.8) is 0 Å². The Labute approximate surface area is 142 Å². The van der Waals surface area contributed by atoms with E-state index < -0.39 is 11.6 Å². The number of nitrogens with zero attached hydrogens (tertiary/aromatic N) is 2. The van der Waals surface area contributed by atoms with Crippen LogP contribution in [0.5, 0.6) is 0 Å². The van der Waals surface area contributed by atoms with Gasteiger partial charge in [0.05, 0.1) is 6.10 Å². The summed E-state index contributed by atoms with van der Waals surface area (Å²) < 4.78 is 13.8. The fourth-order valence-electron chi connectivity index (χ4n) is 4.13. The molecule has 1 aliphatic carbocycles. The Morgan fingerprint density at radius 3 is 2.42 bits per heavy atom. The zero-order valence-corrected chi connectivity index (χ0v) is 14.0. The number of carbonyl (C=O) groups excluding carboxylic acids is 1. The van der Waals surface area contributed by atoms with Gasteiger partial charge in [-0.2, -0.15) is 0 Å². The minimum absolute atomic E-state index is 0.208. The number of amides is 1. The summed E-state index contributed by atoms with van der Waals surface area (Å²) in [6.45, 7) is 3.42. The van der Waals surface area contributed by atoms with E-state index in [0.29, 0.717) is 12.1 Å². The number of piperazine rings is 1. The summed E-state index contributed by atoms with van der Waals surface area (Å²) in [6, 6.07) is 6.34. The van der Waals surface area contributed by atoms with Crippen molar-refractivity contribution in [1.82, 2.24) is 9.80 Å². The first-order valence-corrected chi connectivity index (χ1v) is 8.73. The molecule has 0 spiro atoms. The number of aliphatic hydroxyl groups is 1. The molecule has 2 fully saturated rings. The van der Waals surface area contributed by atoms with Crippen LogP contribution in [-0.4, -0.2) is 59.1 Å². The van der Waals surface area contributed by atoms with Crippen molar-refractivity contribution >= 4 is 5.91 Å². The maximum atomic E-state index is 13.8. The van der Waals surface area contributed by atoms with Gasteiger partial charge < -0.3 is 10.8 Å². The molecule has 1 saturated heterocycles. The highest BCUT2D eigenvalue weighted by Gasteiger charge is 2.45. The summed E-state index contributed by atoms with van der Waals surface area (Å²) in [5.74, 6) is -0.581. The van der Waals surface area contributed by atoms with Crippen LogP contribution in [0.3, 0.4) is 0 Å². The molecule has 1 aromatic carbocycles. The average molecular weight is 335 g/mol. The van der Waals surface area contributed by atoms with E-state index in [0.717, 1.165) is 51.9 Å². The van der Waals surface area contributed by atoms with E-state index >= 15 is 0 Å². The Balaban J connectivity index is 1.57. The van der Waals surface area contributed by atoms with Crippen LogP contribution in [0.15, 0.2) is 24.3 Å². The minimum Gasteiger partial charge on any atom is -0.387 e. The highest BCUT2D eigenvalue weighted by Crippen LogP contribution is 2.35. The molecule has 1 unspecified atom stereocenters. The lowest BCUT2D eigenvalue weighted by atomic mass is 9.93. The molecule has 132 valence electrons. The first kappa shape index (κ1) is 17.3. The van der Waals surface area contributed by atoms with Gasteiger partial charge in [0.25, 0.3) is 0 Å². The lowest BCUT2D eigenvalue weighted by Gasteiger charge is -2.44. The van der Waals surface area contributed by atoms with Gasteiger partial charge in [0.1, 0.15) is 11.4 Å². The number of carbonyl (C=O) groups is 1. The van der Waals surface area contributed by atoms with Crippen LogP contribution in [0, 0.1) is 5.82 Å². The fraction of sp³-hybridized carbons (Fsp3) is 0.611. The second-order valence-electron chi connectivity index (χ2n) is 6.93. The zero-order chi connectivity index (χ0) is 17.2. The van der Waals surface area contributed by atoms with Gasteiger partial charge in [0.2, 0.25) is 5.91 Å². The van der Waals surface area contributed by atoms with Crippen molar-refractivity contribution in [3.05, 3.63) is 35.6 Å². The van der Waals surface area contributed by atoms with Crippen molar-refractivity contribution in [2.24, 2.45) is 5.73 Å². The number of aliphatic hydroxyl groups excluding tert-OH is 1. The van der Waals surface area contributed by atoms with Crippen LogP contribution < -0.4 is 5.73 Å². The van der Waals surface area contributed by atoms with Crippen molar-refractivity contribution in [2.45, 2.75) is 37.3 Å². The number of β-amino-alcohol motifs (C(OH)–C–C–N with tert-alkyl or cyclic N) is 1. The lowest BCUT2D eigenvalue weighted by molar-refractivity contribution is -0.131. The number of rotatable bonds is 5. The molecule has 2 aliphatic rings.